The number of likely N-dealkylation sites (tertiary alicyclic amines) is 1. The monoisotopic (exact) mass is 252 g/mol. The van der Waals surface area contributed by atoms with Crippen molar-refractivity contribution in [3.05, 3.63) is 0 Å². The molecule has 0 aliphatic carbocycles. The highest BCUT2D eigenvalue weighted by atomic mass is 19.4. The molecule has 102 valence electrons. The third-order valence-corrected chi connectivity index (χ3v) is 3.41. The second kappa shape index (κ2) is 6.59. The molecule has 0 aromatic carbocycles. The number of halogens is 3. The van der Waals surface area contributed by atoms with E-state index in [9.17, 15) is 13.2 Å². The van der Waals surface area contributed by atoms with Gasteiger partial charge in [-0.3, -0.25) is 0 Å². The lowest BCUT2D eigenvalue weighted by Crippen LogP contribution is -2.46. The quantitative estimate of drug-likeness (QED) is 0.809. The van der Waals surface area contributed by atoms with Crippen molar-refractivity contribution in [2.45, 2.75) is 45.3 Å². The molecule has 1 heterocycles. The topological polar surface area (TPSA) is 15.3 Å². The zero-order valence-electron chi connectivity index (χ0n) is 10.7. The first-order valence-electron chi connectivity index (χ1n) is 6.45. The van der Waals surface area contributed by atoms with Crippen molar-refractivity contribution in [3.63, 3.8) is 0 Å². The van der Waals surface area contributed by atoms with E-state index in [1.807, 2.05) is 6.92 Å². The Balaban J connectivity index is 2.33. The molecule has 5 heteroatoms. The summed E-state index contributed by atoms with van der Waals surface area (Å²) in [5.41, 5.74) is 0. The summed E-state index contributed by atoms with van der Waals surface area (Å²) in [7, 11) is 0. The van der Waals surface area contributed by atoms with Gasteiger partial charge >= 0.3 is 6.18 Å². The van der Waals surface area contributed by atoms with Gasteiger partial charge in [-0.15, -0.1) is 0 Å². The van der Waals surface area contributed by atoms with Crippen molar-refractivity contribution < 1.29 is 13.2 Å². The Morgan fingerprint density at radius 3 is 2.71 bits per heavy atom. The normalized spacial score (nSPS) is 24.9. The molecule has 0 amide bonds. The van der Waals surface area contributed by atoms with E-state index in [4.69, 9.17) is 0 Å². The number of alkyl halides is 3. The van der Waals surface area contributed by atoms with Crippen LogP contribution in [-0.4, -0.2) is 43.3 Å². The lowest BCUT2D eigenvalue weighted by Gasteiger charge is -2.36. The average Bonchev–Trinajstić information content (AvgIpc) is 2.26. The Kier molecular flexibility index (Phi) is 5.73. The standard InChI is InChI=1S/C12H23F3N2/c1-3-6-17-7-4-5-11(8-17)10(2)16-9-12(13,14)15/h10-11,16H,3-9H2,1-2H3. The Hall–Kier alpha value is -0.290. The maximum absolute atomic E-state index is 12.1. The molecule has 2 nitrogen and oxygen atoms in total. The van der Waals surface area contributed by atoms with Gasteiger partial charge in [0.05, 0.1) is 6.54 Å². The maximum atomic E-state index is 12.1. The highest BCUT2D eigenvalue weighted by Gasteiger charge is 2.30. The molecule has 17 heavy (non-hydrogen) atoms. The first-order valence-corrected chi connectivity index (χ1v) is 6.45. The lowest BCUT2D eigenvalue weighted by atomic mass is 9.91. The highest BCUT2D eigenvalue weighted by molar-refractivity contribution is 4.80. The molecule has 2 unspecified atom stereocenters. The van der Waals surface area contributed by atoms with Crippen molar-refractivity contribution in [3.8, 4) is 0 Å². The lowest BCUT2D eigenvalue weighted by molar-refractivity contribution is -0.127. The molecular weight excluding hydrogens is 229 g/mol. The second-order valence-corrected chi connectivity index (χ2v) is 4.99. The summed E-state index contributed by atoms with van der Waals surface area (Å²) < 4.78 is 36.3. The summed E-state index contributed by atoms with van der Waals surface area (Å²) in [6.45, 7) is 6.21. The van der Waals surface area contributed by atoms with Crippen molar-refractivity contribution in [2.75, 3.05) is 26.2 Å². The molecule has 1 aliphatic heterocycles. The molecule has 0 aromatic rings. The van der Waals surface area contributed by atoms with Crippen molar-refractivity contribution in [1.82, 2.24) is 10.2 Å². The van der Waals surface area contributed by atoms with Gasteiger partial charge in [-0.2, -0.15) is 13.2 Å². The molecule has 1 fully saturated rings. The van der Waals surface area contributed by atoms with Crippen LogP contribution in [0.25, 0.3) is 0 Å². The average molecular weight is 252 g/mol. The minimum absolute atomic E-state index is 0.0590. The largest absolute Gasteiger partial charge is 0.401 e. The molecule has 1 N–H and O–H groups in total. The second-order valence-electron chi connectivity index (χ2n) is 4.99. The van der Waals surface area contributed by atoms with Crippen molar-refractivity contribution in [2.24, 2.45) is 5.92 Å². The van der Waals surface area contributed by atoms with Crippen LogP contribution < -0.4 is 5.32 Å². The van der Waals surface area contributed by atoms with Gasteiger partial charge < -0.3 is 10.2 Å². The van der Waals surface area contributed by atoms with E-state index in [1.165, 1.54) is 0 Å². The molecule has 0 spiro atoms. The van der Waals surface area contributed by atoms with Crippen molar-refractivity contribution >= 4 is 0 Å². The third kappa shape index (κ3) is 5.73. The van der Waals surface area contributed by atoms with Crippen LogP contribution in [0.15, 0.2) is 0 Å². The Morgan fingerprint density at radius 1 is 1.41 bits per heavy atom. The summed E-state index contributed by atoms with van der Waals surface area (Å²) >= 11 is 0. The van der Waals surface area contributed by atoms with Crippen LogP contribution >= 0.6 is 0 Å². The molecule has 1 aliphatic rings. The van der Waals surface area contributed by atoms with Gasteiger partial charge in [-0.25, -0.2) is 0 Å². The number of hydrogen-bond donors (Lipinski definition) is 1. The Labute approximate surface area is 102 Å². The van der Waals surface area contributed by atoms with E-state index in [1.54, 1.807) is 0 Å². The number of nitrogens with one attached hydrogen (secondary N) is 1. The highest BCUT2D eigenvalue weighted by Crippen LogP contribution is 2.21. The summed E-state index contributed by atoms with van der Waals surface area (Å²) in [5, 5.41) is 2.60. The predicted molar refractivity (Wildman–Crippen MR) is 63.0 cm³/mol. The molecule has 0 bridgehead atoms. The van der Waals surface area contributed by atoms with Gasteiger partial charge in [0.2, 0.25) is 0 Å². The number of nitrogens with zero attached hydrogens (tertiary/aromatic N) is 1. The van der Waals surface area contributed by atoms with Crippen LogP contribution in [0.4, 0.5) is 13.2 Å². The summed E-state index contributed by atoms with van der Waals surface area (Å²) in [5.74, 6) is 0.345. The van der Waals surface area contributed by atoms with E-state index >= 15 is 0 Å². The van der Waals surface area contributed by atoms with E-state index < -0.39 is 12.7 Å². The van der Waals surface area contributed by atoms with Crippen LogP contribution in [0.5, 0.6) is 0 Å². The first kappa shape index (κ1) is 14.8. The maximum Gasteiger partial charge on any atom is 0.401 e. The molecular formula is C12H23F3N2. The van der Waals surface area contributed by atoms with Crippen LogP contribution in [-0.2, 0) is 0 Å². The molecule has 2 atom stereocenters. The Bertz CT molecular complexity index is 216. The van der Waals surface area contributed by atoms with E-state index in [0.717, 1.165) is 38.9 Å². The van der Waals surface area contributed by atoms with Gasteiger partial charge in [-0.1, -0.05) is 6.92 Å². The van der Waals surface area contributed by atoms with E-state index in [0.29, 0.717) is 5.92 Å². The summed E-state index contributed by atoms with van der Waals surface area (Å²) in [4.78, 5) is 2.36. The summed E-state index contributed by atoms with van der Waals surface area (Å²) in [6, 6.07) is -0.0590. The summed E-state index contributed by atoms with van der Waals surface area (Å²) in [6.07, 6.45) is -0.863. The smallest absolute Gasteiger partial charge is 0.306 e. The molecule has 0 aromatic heterocycles. The van der Waals surface area contributed by atoms with Gasteiger partial charge in [0.25, 0.3) is 0 Å². The van der Waals surface area contributed by atoms with Gasteiger partial charge in [0.15, 0.2) is 0 Å². The van der Waals surface area contributed by atoms with E-state index in [2.05, 4.69) is 17.1 Å². The third-order valence-electron chi connectivity index (χ3n) is 3.41. The van der Waals surface area contributed by atoms with Crippen LogP contribution in [0.2, 0.25) is 0 Å². The first-order chi connectivity index (χ1) is 7.92. The fraction of sp³-hybridized carbons (Fsp3) is 1.00. The van der Waals surface area contributed by atoms with Crippen LogP contribution in [0.1, 0.15) is 33.1 Å². The number of hydrogen-bond acceptors (Lipinski definition) is 2. The molecule has 1 rings (SSSR count). The number of rotatable bonds is 5. The van der Waals surface area contributed by atoms with Gasteiger partial charge in [0, 0.05) is 12.6 Å². The molecule has 1 saturated heterocycles. The SMILES string of the molecule is CCCN1CCCC(C(C)NCC(F)(F)F)C1. The minimum Gasteiger partial charge on any atom is -0.306 e. The van der Waals surface area contributed by atoms with Gasteiger partial charge in [0.1, 0.15) is 0 Å². The molecule has 0 saturated carbocycles. The van der Waals surface area contributed by atoms with Crippen molar-refractivity contribution in [1.29, 1.82) is 0 Å². The minimum atomic E-state index is -4.11. The number of piperidine rings is 1. The fourth-order valence-corrected chi connectivity index (χ4v) is 2.46. The fourth-order valence-electron chi connectivity index (χ4n) is 2.46. The zero-order valence-corrected chi connectivity index (χ0v) is 10.7. The van der Waals surface area contributed by atoms with Crippen LogP contribution in [0.3, 0.4) is 0 Å². The van der Waals surface area contributed by atoms with Gasteiger partial charge in [-0.05, 0) is 45.2 Å². The van der Waals surface area contributed by atoms with E-state index in [-0.39, 0.29) is 6.04 Å². The predicted octanol–water partition coefficient (Wildman–Crippen LogP) is 2.65. The zero-order chi connectivity index (χ0) is 12.9. The Morgan fingerprint density at radius 2 is 2.12 bits per heavy atom. The van der Waals surface area contributed by atoms with Crippen LogP contribution in [0, 0.1) is 5.92 Å². The molecule has 0 radical (unpaired) electrons.